The molecule has 0 heterocycles. The molecule has 0 aromatic rings. The second-order valence-electron chi connectivity index (χ2n) is 6.09. The van der Waals surface area contributed by atoms with Crippen LogP contribution in [0.25, 0.3) is 0 Å². The molecule has 0 aromatic heterocycles. The van der Waals surface area contributed by atoms with Gasteiger partial charge in [0.15, 0.2) is 0 Å². The van der Waals surface area contributed by atoms with Crippen molar-refractivity contribution in [3.63, 3.8) is 0 Å². The molecule has 4 nitrogen and oxygen atoms in total. The van der Waals surface area contributed by atoms with Crippen molar-refractivity contribution in [1.29, 1.82) is 0 Å². The van der Waals surface area contributed by atoms with Crippen LogP contribution in [-0.2, 0) is 14.3 Å². The van der Waals surface area contributed by atoms with Crippen molar-refractivity contribution in [2.24, 2.45) is 0 Å². The van der Waals surface area contributed by atoms with Gasteiger partial charge < -0.3 is 14.6 Å². The van der Waals surface area contributed by atoms with Crippen molar-refractivity contribution >= 4 is 26.0 Å². The fraction of sp³-hybridized carbons (Fsp3) is 0.923. The zero-order valence-electron chi connectivity index (χ0n) is 12.9. The highest BCUT2D eigenvalue weighted by molar-refractivity contribution is 8.47. The zero-order valence-corrected chi connectivity index (χ0v) is 14.6. The van der Waals surface area contributed by atoms with Crippen molar-refractivity contribution in [2.45, 2.75) is 6.42 Å². The van der Waals surface area contributed by atoms with E-state index in [-0.39, 0.29) is 6.61 Å². The number of carboxylic acids is 1. The third-order valence-electron chi connectivity index (χ3n) is 2.26. The van der Waals surface area contributed by atoms with Crippen LogP contribution >= 0.6 is 20.1 Å². The van der Waals surface area contributed by atoms with E-state index in [2.05, 4.69) is 31.3 Å². The van der Waals surface area contributed by atoms with Crippen LogP contribution < -0.4 is 0 Å². The van der Waals surface area contributed by atoms with E-state index in [1.165, 1.54) is 10.8 Å². The Labute approximate surface area is 120 Å². The molecule has 0 aliphatic rings. The summed E-state index contributed by atoms with van der Waals surface area (Å²) in [6.07, 6.45) is 13.0. The van der Waals surface area contributed by atoms with E-state index in [1.807, 2.05) is 0 Å². The molecule has 0 rings (SSSR count). The van der Waals surface area contributed by atoms with Crippen LogP contribution in [0.15, 0.2) is 0 Å². The van der Waals surface area contributed by atoms with Crippen LogP contribution in [0, 0.1) is 0 Å². The minimum Gasteiger partial charge on any atom is -0.480 e. The summed E-state index contributed by atoms with van der Waals surface area (Å²) in [5.74, 6) is 0.308. The highest BCUT2D eigenvalue weighted by Crippen LogP contribution is 2.53. The second-order valence-corrected chi connectivity index (χ2v) is 15.2. The topological polar surface area (TPSA) is 55.8 Å². The average Bonchev–Trinajstić information content (AvgIpc) is 2.17. The van der Waals surface area contributed by atoms with Crippen molar-refractivity contribution < 1.29 is 19.4 Å². The van der Waals surface area contributed by atoms with E-state index in [4.69, 9.17) is 14.6 Å². The largest absolute Gasteiger partial charge is 0.480 e. The Morgan fingerprint density at radius 3 is 2.11 bits per heavy atom. The van der Waals surface area contributed by atoms with Gasteiger partial charge in [0, 0.05) is 11.7 Å². The highest BCUT2D eigenvalue weighted by Gasteiger charge is 2.17. The Morgan fingerprint density at radius 1 is 1.00 bits per heavy atom. The summed E-state index contributed by atoms with van der Waals surface area (Å²) in [5, 5.41) is 9.74. The van der Waals surface area contributed by atoms with E-state index in [0.717, 1.165) is 13.0 Å². The quantitative estimate of drug-likeness (QED) is 0.594. The van der Waals surface area contributed by atoms with Crippen LogP contribution in [0.3, 0.4) is 0 Å². The summed E-state index contributed by atoms with van der Waals surface area (Å²) in [7, 11) is -0.924. The maximum atomic E-state index is 10.2. The van der Waals surface area contributed by atoms with Gasteiger partial charge in [-0.3, -0.25) is 0 Å². The summed E-state index contributed by atoms with van der Waals surface area (Å²) in [5.41, 5.74) is 0. The molecule has 118 valence electrons. The fourth-order valence-electron chi connectivity index (χ4n) is 1.95. The molecule has 0 aliphatic heterocycles. The molecule has 6 heteroatoms. The third kappa shape index (κ3) is 14.3. The van der Waals surface area contributed by atoms with E-state index < -0.39 is 26.0 Å². The van der Waals surface area contributed by atoms with Crippen LogP contribution in [0.1, 0.15) is 6.42 Å². The standard InChI is InChI=1S/C13H30O4S2/c1-18(2,3)12-19(4,5)10-6-7-16-8-9-17-11-13(14)15/h6-12H2,1-5H3,(H,14,15). The van der Waals surface area contributed by atoms with Crippen molar-refractivity contribution in [2.75, 3.05) is 68.5 Å². The summed E-state index contributed by atoms with van der Waals surface area (Å²) in [6, 6.07) is 0. The first-order valence-electron chi connectivity index (χ1n) is 6.34. The summed E-state index contributed by atoms with van der Waals surface area (Å²) in [6.45, 7) is 1.34. The number of aliphatic carboxylic acids is 1. The Hall–Kier alpha value is 0.0900. The maximum absolute atomic E-state index is 10.2. The van der Waals surface area contributed by atoms with Gasteiger partial charge in [0.25, 0.3) is 0 Å². The molecule has 0 saturated carbocycles. The molecular formula is C13H30O4S2. The molecule has 0 bridgehead atoms. The Balaban J connectivity index is 3.50. The number of hydrogen-bond donors (Lipinski definition) is 1. The van der Waals surface area contributed by atoms with Crippen LogP contribution in [0.5, 0.6) is 0 Å². The third-order valence-corrected chi connectivity index (χ3v) is 9.03. The molecular weight excluding hydrogens is 284 g/mol. The number of hydrogen-bond acceptors (Lipinski definition) is 3. The normalized spacial score (nSPS) is 14.4. The molecule has 0 fully saturated rings. The lowest BCUT2D eigenvalue weighted by Gasteiger charge is -2.40. The molecule has 0 radical (unpaired) electrons. The number of carbonyl (C=O) groups is 1. The van der Waals surface area contributed by atoms with E-state index in [1.54, 1.807) is 0 Å². The average molecular weight is 315 g/mol. The number of ether oxygens (including phenoxy) is 2. The molecule has 0 spiro atoms. The number of carboxylic acid groups (broad SMARTS) is 1. The van der Waals surface area contributed by atoms with Crippen LogP contribution in [-0.4, -0.2) is 79.6 Å². The van der Waals surface area contributed by atoms with E-state index in [9.17, 15) is 4.79 Å². The van der Waals surface area contributed by atoms with Crippen LogP contribution in [0.4, 0.5) is 0 Å². The molecule has 0 aliphatic carbocycles. The lowest BCUT2D eigenvalue weighted by molar-refractivity contribution is -0.142. The smallest absolute Gasteiger partial charge is 0.329 e. The van der Waals surface area contributed by atoms with Gasteiger partial charge in [-0.2, -0.15) is 0 Å². The van der Waals surface area contributed by atoms with Gasteiger partial charge >= 0.3 is 5.97 Å². The van der Waals surface area contributed by atoms with Gasteiger partial charge in [-0.15, -0.1) is 0 Å². The summed E-state index contributed by atoms with van der Waals surface area (Å²) < 4.78 is 10.3. The molecule has 0 amide bonds. The Kier molecular flexibility index (Phi) is 9.15. The van der Waals surface area contributed by atoms with E-state index in [0.29, 0.717) is 13.2 Å². The van der Waals surface area contributed by atoms with Crippen LogP contribution in [0.2, 0.25) is 0 Å². The highest BCUT2D eigenvalue weighted by atomic mass is 32.3. The van der Waals surface area contributed by atoms with E-state index >= 15 is 0 Å². The maximum Gasteiger partial charge on any atom is 0.329 e. The lowest BCUT2D eigenvalue weighted by Crippen LogP contribution is -2.14. The molecule has 0 saturated heterocycles. The predicted octanol–water partition coefficient (Wildman–Crippen LogP) is 2.21. The zero-order chi connectivity index (χ0) is 14.9. The molecule has 0 atom stereocenters. The monoisotopic (exact) mass is 314 g/mol. The Morgan fingerprint density at radius 2 is 1.58 bits per heavy atom. The SMILES string of the molecule is CS(C)(C)CS(C)(C)CCCOCCOCC(=O)O. The second kappa shape index (κ2) is 9.10. The molecule has 0 unspecified atom stereocenters. The van der Waals surface area contributed by atoms with Crippen molar-refractivity contribution in [1.82, 2.24) is 0 Å². The van der Waals surface area contributed by atoms with Crippen molar-refractivity contribution in [3.8, 4) is 0 Å². The fourth-order valence-corrected chi connectivity index (χ4v) is 11.0. The van der Waals surface area contributed by atoms with Gasteiger partial charge in [-0.05, 0) is 43.5 Å². The minimum absolute atomic E-state index is 0.241. The molecule has 0 aromatic carbocycles. The van der Waals surface area contributed by atoms with Gasteiger partial charge in [0.2, 0.25) is 0 Å². The molecule has 19 heavy (non-hydrogen) atoms. The first-order chi connectivity index (χ1) is 8.62. The number of rotatable bonds is 11. The first-order valence-corrected chi connectivity index (χ1v) is 12.2. The summed E-state index contributed by atoms with van der Waals surface area (Å²) >= 11 is 0. The first kappa shape index (κ1) is 19.1. The van der Waals surface area contributed by atoms with Gasteiger partial charge in [0.1, 0.15) is 6.61 Å². The van der Waals surface area contributed by atoms with Gasteiger partial charge in [0.05, 0.1) is 13.2 Å². The van der Waals surface area contributed by atoms with Gasteiger partial charge in [-0.25, -0.2) is 24.9 Å². The predicted molar refractivity (Wildman–Crippen MR) is 88.4 cm³/mol. The van der Waals surface area contributed by atoms with Gasteiger partial charge in [-0.1, -0.05) is 0 Å². The Bertz CT molecular complexity index is 262. The minimum atomic E-state index is -0.935. The van der Waals surface area contributed by atoms with Crippen molar-refractivity contribution in [3.05, 3.63) is 0 Å². The summed E-state index contributed by atoms with van der Waals surface area (Å²) in [4.78, 5) is 10.2. The lowest BCUT2D eigenvalue weighted by atomic mass is 10.5. The molecule has 1 N–H and O–H groups in total.